The van der Waals surface area contributed by atoms with E-state index in [1.807, 2.05) is 24.3 Å². The van der Waals surface area contributed by atoms with Gasteiger partial charge in [0.25, 0.3) is 0 Å². The number of ether oxygens (including phenoxy) is 1. The van der Waals surface area contributed by atoms with Gasteiger partial charge in [-0.1, -0.05) is 32.0 Å². The van der Waals surface area contributed by atoms with Gasteiger partial charge in [0.05, 0.1) is 11.7 Å². The Morgan fingerprint density at radius 1 is 1.21 bits per heavy atom. The van der Waals surface area contributed by atoms with E-state index in [1.165, 1.54) is 0 Å². The monoisotopic (exact) mass is 258 g/mol. The van der Waals surface area contributed by atoms with Gasteiger partial charge in [-0.3, -0.25) is 4.98 Å². The minimum atomic E-state index is 0.596. The summed E-state index contributed by atoms with van der Waals surface area (Å²) in [5.74, 6) is 0.838. The zero-order valence-electron chi connectivity index (χ0n) is 11.7. The van der Waals surface area contributed by atoms with Gasteiger partial charge >= 0.3 is 0 Å². The molecule has 19 heavy (non-hydrogen) atoms. The fraction of sp³-hybridized carbons (Fsp3) is 0.438. The number of benzene rings is 1. The van der Waals surface area contributed by atoms with Crippen molar-refractivity contribution in [3.8, 4) is 5.75 Å². The van der Waals surface area contributed by atoms with Gasteiger partial charge in [-0.2, -0.15) is 0 Å². The van der Waals surface area contributed by atoms with Gasteiger partial charge in [0.2, 0.25) is 0 Å². The maximum atomic E-state index is 5.73. The fourth-order valence-electron chi connectivity index (χ4n) is 2.14. The van der Waals surface area contributed by atoms with Crippen LogP contribution in [0.25, 0.3) is 10.9 Å². The summed E-state index contributed by atoms with van der Waals surface area (Å²) in [5, 5.41) is 4.60. The lowest BCUT2D eigenvalue weighted by Crippen LogP contribution is -2.31. The molecule has 0 aliphatic carbocycles. The summed E-state index contributed by atoms with van der Waals surface area (Å²) in [5.41, 5.74) is 1.00. The maximum Gasteiger partial charge on any atom is 0.138 e. The van der Waals surface area contributed by atoms with E-state index in [4.69, 9.17) is 4.74 Å². The van der Waals surface area contributed by atoms with Gasteiger partial charge in [0.15, 0.2) is 0 Å². The maximum absolute atomic E-state index is 5.73. The van der Waals surface area contributed by atoms with Gasteiger partial charge in [-0.05, 0) is 25.0 Å². The summed E-state index contributed by atoms with van der Waals surface area (Å²) in [4.78, 5) is 4.38. The third-order valence-corrected chi connectivity index (χ3v) is 3.35. The van der Waals surface area contributed by atoms with Gasteiger partial charge in [-0.25, -0.2) is 0 Å². The molecule has 102 valence electrons. The van der Waals surface area contributed by atoms with Gasteiger partial charge in [0.1, 0.15) is 12.4 Å². The van der Waals surface area contributed by atoms with Crippen LogP contribution in [0.2, 0.25) is 0 Å². The topological polar surface area (TPSA) is 34.1 Å². The Morgan fingerprint density at radius 2 is 2.00 bits per heavy atom. The summed E-state index contributed by atoms with van der Waals surface area (Å²) >= 11 is 0. The minimum absolute atomic E-state index is 0.596. The van der Waals surface area contributed by atoms with Crippen molar-refractivity contribution in [1.82, 2.24) is 10.3 Å². The van der Waals surface area contributed by atoms with Crippen molar-refractivity contribution in [3.63, 3.8) is 0 Å². The standard InChI is InChI=1S/C16H22N2O/c1-3-14(4-2)17-9-10-19-15-11-13-7-5-6-8-16(13)18-12-15/h5-8,11-12,14,17H,3-4,9-10H2,1-2H3. The molecule has 0 bridgehead atoms. The van der Waals surface area contributed by atoms with Crippen molar-refractivity contribution in [2.24, 2.45) is 0 Å². The molecule has 0 aliphatic heterocycles. The van der Waals surface area contributed by atoms with Crippen LogP contribution < -0.4 is 10.1 Å². The van der Waals surface area contributed by atoms with Gasteiger partial charge < -0.3 is 10.1 Å². The van der Waals surface area contributed by atoms with E-state index in [0.29, 0.717) is 12.6 Å². The first-order valence-electron chi connectivity index (χ1n) is 7.04. The Kier molecular flexibility index (Phi) is 5.16. The number of hydrogen-bond acceptors (Lipinski definition) is 3. The first kappa shape index (κ1) is 13.8. The third kappa shape index (κ3) is 3.93. The summed E-state index contributed by atoms with van der Waals surface area (Å²) < 4.78 is 5.73. The third-order valence-electron chi connectivity index (χ3n) is 3.35. The predicted molar refractivity (Wildman–Crippen MR) is 79.6 cm³/mol. The lowest BCUT2D eigenvalue weighted by atomic mass is 10.2. The highest BCUT2D eigenvalue weighted by atomic mass is 16.5. The second kappa shape index (κ2) is 7.10. The van der Waals surface area contributed by atoms with Crippen molar-refractivity contribution in [2.45, 2.75) is 32.7 Å². The van der Waals surface area contributed by atoms with Gasteiger partial charge in [0, 0.05) is 18.0 Å². The second-order valence-electron chi connectivity index (χ2n) is 4.68. The number of fused-ring (bicyclic) bond motifs is 1. The molecule has 2 aromatic rings. The molecule has 0 spiro atoms. The van der Waals surface area contributed by atoms with Crippen LogP contribution in [0.1, 0.15) is 26.7 Å². The lowest BCUT2D eigenvalue weighted by molar-refractivity contribution is 0.302. The van der Waals surface area contributed by atoms with Gasteiger partial charge in [-0.15, -0.1) is 0 Å². The average molecular weight is 258 g/mol. The van der Waals surface area contributed by atoms with Crippen LogP contribution in [0.5, 0.6) is 5.75 Å². The number of pyridine rings is 1. The van der Waals surface area contributed by atoms with Crippen LogP contribution in [-0.4, -0.2) is 24.2 Å². The highest BCUT2D eigenvalue weighted by Crippen LogP contribution is 2.17. The molecule has 0 amide bonds. The van der Waals surface area contributed by atoms with Crippen molar-refractivity contribution in [2.75, 3.05) is 13.2 Å². The molecule has 3 heteroatoms. The summed E-state index contributed by atoms with van der Waals surface area (Å²) in [6.45, 7) is 5.96. The SMILES string of the molecule is CCC(CC)NCCOc1cnc2ccccc2c1. The van der Waals surface area contributed by atoms with Crippen LogP contribution >= 0.6 is 0 Å². The second-order valence-corrected chi connectivity index (χ2v) is 4.68. The van der Waals surface area contributed by atoms with Crippen LogP contribution in [0.3, 0.4) is 0 Å². The Bertz CT molecular complexity index is 509. The number of para-hydroxylation sites is 1. The Morgan fingerprint density at radius 3 is 2.79 bits per heavy atom. The van der Waals surface area contributed by atoms with E-state index in [0.717, 1.165) is 36.0 Å². The molecular formula is C16H22N2O. The molecule has 1 N–H and O–H groups in total. The van der Waals surface area contributed by atoms with E-state index in [2.05, 4.69) is 30.2 Å². The van der Waals surface area contributed by atoms with E-state index in [-0.39, 0.29) is 0 Å². The zero-order valence-corrected chi connectivity index (χ0v) is 11.7. The summed E-state index contributed by atoms with van der Waals surface area (Å²) in [6.07, 6.45) is 4.11. The highest BCUT2D eigenvalue weighted by Gasteiger charge is 2.02. The molecule has 0 fully saturated rings. The van der Waals surface area contributed by atoms with E-state index in [9.17, 15) is 0 Å². The zero-order chi connectivity index (χ0) is 13.5. The molecule has 2 rings (SSSR count). The van der Waals surface area contributed by atoms with Crippen LogP contribution in [0, 0.1) is 0 Å². The molecule has 0 radical (unpaired) electrons. The highest BCUT2D eigenvalue weighted by molar-refractivity contribution is 5.79. The van der Waals surface area contributed by atoms with E-state index < -0.39 is 0 Å². The normalized spacial score (nSPS) is 11.1. The molecule has 1 aromatic heterocycles. The molecule has 1 aromatic carbocycles. The number of hydrogen-bond donors (Lipinski definition) is 1. The smallest absolute Gasteiger partial charge is 0.138 e. The molecule has 0 aliphatic rings. The molecule has 0 saturated heterocycles. The fourth-order valence-corrected chi connectivity index (χ4v) is 2.14. The van der Waals surface area contributed by atoms with Crippen LogP contribution in [-0.2, 0) is 0 Å². The Labute approximate surface area is 115 Å². The molecule has 0 atom stereocenters. The minimum Gasteiger partial charge on any atom is -0.491 e. The number of nitrogens with one attached hydrogen (secondary N) is 1. The van der Waals surface area contributed by atoms with Crippen molar-refractivity contribution >= 4 is 10.9 Å². The first-order valence-corrected chi connectivity index (χ1v) is 7.04. The largest absolute Gasteiger partial charge is 0.491 e. The van der Waals surface area contributed by atoms with Crippen molar-refractivity contribution < 1.29 is 4.74 Å². The van der Waals surface area contributed by atoms with Crippen molar-refractivity contribution in [1.29, 1.82) is 0 Å². The molecule has 1 heterocycles. The first-order chi connectivity index (χ1) is 9.33. The van der Waals surface area contributed by atoms with Crippen LogP contribution in [0.15, 0.2) is 36.5 Å². The number of nitrogens with zero attached hydrogens (tertiary/aromatic N) is 1. The number of rotatable bonds is 7. The predicted octanol–water partition coefficient (Wildman–Crippen LogP) is 3.39. The molecular weight excluding hydrogens is 236 g/mol. The van der Waals surface area contributed by atoms with E-state index >= 15 is 0 Å². The average Bonchev–Trinajstić information content (AvgIpc) is 2.47. The quantitative estimate of drug-likeness (QED) is 0.773. The van der Waals surface area contributed by atoms with Crippen molar-refractivity contribution in [3.05, 3.63) is 36.5 Å². The van der Waals surface area contributed by atoms with E-state index in [1.54, 1.807) is 6.20 Å². The Hall–Kier alpha value is -1.61. The summed E-state index contributed by atoms with van der Waals surface area (Å²) in [7, 11) is 0. The van der Waals surface area contributed by atoms with Crippen LogP contribution in [0.4, 0.5) is 0 Å². The lowest BCUT2D eigenvalue weighted by Gasteiger charge is -2.14. The molecule has 3 nitrogen and oxygen atoms in total. The number of aromatic nitrogens is 1. The Balaban J connectivity index is 1.84. The summed E-state index contributed by atoms with van der Waals surface area (Å²) in [6, 6.07) is 10.7. The molecule has 0 unspecified atom stereocenters. The molecule has 0 saturated carbocycles.